The SMILES string of the molecule is CC1(C)c2ccccc2NC(=O)N1N. The zero-order valence-electron chi connectivity index (χ0n) is 8.24. The third kappa shape index (κ3) is 1.08. The van der Waals surface area contributed by atoms with Gasteiger partial charge in [-0.05, 0) is 19.9 Å². The maximum Gasteiger partial charge on any atom is 0.336 e. The Morgan fingerprint density at radius 2 is 2.00 bits per heavy atom. The van der Waals surface area contributed by atoms with Crippen molar-refractivity contribution in [2.45, 2.75) is 19.4 Å². The number of carbonyl (C=O) groups is 1. The Morgan fingerprint density at radius 3 is 2.71 bits per heavy atom. The summed E-state index contributed by atoms with van der Waals surface area (Å²) < 4.78 is 0. The molecule has 1 aromatic carbocycles. The van der Waals surface area contributed by atoms with Crippen molar-refractivity contribution >= 4 is 11.7 Å². The van der Waals surface area contributed by atoms with E-state index in [1.165, 1.54) is 5.01 Å². The van der Waals surface area contributed by atoms with Gasteiger partial charge in [0.15, 0.2) is 0 Å². The van der Waals surface area contributed by atoms with Crippen molar-refractivity contribution in [2.75, 3.05) is 5.32 Å². The fraction of sp³-hybridized carbons (Fsp3) is 0.300. The van der Waals surface area contributed by atoms with Gasteiger partial charge in [-0.25, -0.2) is 10.6 Å². The van der Waals surface area contributed by atoms with Crippen LogP contribution in [0.15, 0.2) is 24.3 Å². The molecule has 0 aromatic heterocycles. The Balaban J connectivity index is 2.59. The second kappa shape index (κ2) is 2.72. The minimum Gasteiger partial charge on any atom is -0.306 e. The monoisotopic (exact) mass is 191 g/mol. The van der Waals surface area contributed by atoms with Gasteiger partial charge in [0.25, 0.3) is 0 Å². The average molecular weight is 191 g/mol. The molecule has 1 aromatic rings. The second-order valence-electron chi connectivity index (χ2n) is 3.90. The van der Waals surface area contributed by atoms with E-state index in [1.54, 1.807) is 0 Å². The van der Waals surface area contributed by atoms with Gasteiger partial charge < -0.3 is 5.32 Å². The lowest BCUT2D eigenvalue weighted by molar-refractivity contribution is 0.142. The molecule has 1 aliphatic heterocycles. The Kier molecular flexibility index (Phi) is 1.75. The number of para-hydroxylation sites is 1. The first-order chi connectivity index (χ1) is 6.53. The van der Waals surface area contributed by atoms with E-state index in [2.05, 4.69) is 5.32 Å². The van der Waals surface area contributed by atoms with Crippen molar-refractivity contribution in [2.24, 2.45) is 5.84 Å². The topological polar surface area (TPSA) is 58.4 Å². The first kappa shape index (κ1) is 9.02. The van der Waals surface area contributed by atoms with Crippen LogP contribution in [0.1, 0.15) is 19.4 Å². The third-order valence-electron chi connectivity index (χ3n) is 2.65. The highest BCUT2D eigenvalue weighted by molar-refractivity contribution is 5.93. The Bertz CT molecular complexity index is 387. The molecule has 0 atom stereocenters. The van der Waals surface area contributed by atoms with Crippen LogP contribution in [-0.2, 0) is 5.54 Å². The molecule has 2 rings (SSSR count). The molecule has 74 valence electrons. The molecule has 4 heteroatoms. The number of benzene rings is 1. The van der Waals surface area contributed by atoms with Gasteiger partial charge in [-0.1, -0.05) is 18.2 Å². The Hall–Kier alpha value is -1.55. The molecule has 0 fully saturated rings. The van der Waals surface area contributed by atoms with Gasteiger partial charge in [0.1, 0.15) is 0 Å². The van der Waals surface area contributed by atoms with Crippen LogP contribution in [0.25, 0.3) is 0 Å². The molecule has 4 nitrogen and oxygen atoms in total. The van der Waals surface area contributed by atoms with Crippen LogP contribution in [0, 0.1) is 0 Å². The second-order valence-corrected chi connectivity index (χ2v) is 3.90. The van der Waals surface area contributed by atoms with Gasteiger partial charge in [0, 0.05) is 11.3 Å². The van der Waals surface area contributed by atoms with Crippen LogP contribution >= 0.6 is 0 Å². The molecule has 0 bridgehead atoms. The molecule has 14 heavy (non-hydrogen) atoms. The van der Waals surface area contributed by atoms with Gasteiger partial charge >= 0.3 is 6.03 Å². The summed E-state index contributed by atoms with van der Waals surface area (Å²) in [6, 6.07) is 7.40. The zero-order chi connectivity index (χ0) is 10.3. The molecule has 0 saturated carbocycles. The summed E-state index contributed by atoms with van der Waals surface area (Å²) in [7, 11) is 0. The lowest BCUT2D eigenvalue weighted by Crippen LogP contribution is -2.55. The van der Waals surface area contributed by atoms with Crippen LogP contribution < -0.4 is 11.2 Å². The fourth-order valence-corrected chi connectivity index (χ4v) is 1.68. The minimum atomic E-state index is -0.459. The number of nitrogens with two attached hydrogens (primary N) is 1. The summed E-state index contributed by atoms with van der Waals surface area (Å²) in [5.41, 5.74) is 1.41. The number of fused-ring (bicyclic) bond motifs is 1. The van der Waals surface area contributed by atoms with E-state index in [0.717, 1.165) is 11.3 Å². The van der Waals surface area contributed by atoms with Crippen LogP contribution in [-0.4, -0.2) is 11.0 Å². The minimum absolute atomic E-state index is 0.270. The summed E-state index contributed by atoms with van der Waals surface area (Å²) in [6.07, 6.45) is 0. The highest BCUT2D eigenvalue weighted by atomic mass is 16.2. The molecule has 1 heterocycles. The highest BCUT2D eigenvalue weighted by Gasteiger charge is 2.36. The number of urea groups is 1. The quantitative estimate of drug-likeness (QED) is 0.484. The van der Waals surface area contributed by atoms with Gasteiger partial charge in [-0.15, -0.1) is 0 Å². The molecule has 3 N–H and O–H groups in total. The van der Waals surface area contributed by atoms with E-state index in [-0.39, 0.29) is 6.03 Å². The number of rotatable bonds is 0. The molecule has 0 aliphatic carbocycles. The molecule has 0 saturated heterocycles. The molecule has 1 aliphatic rings. The number of hydrogen-bond acceptors (Lipinski definition) is 2. The van der Waals surface area contributed by atoms with Crippen molar-refractivity contribution in [3.8, 4) is 0 Å². The predicted octanol–water partition coefficient (Wildman–Crippen LogP) is 1.64. The summed E-state index contributed by atoms with van der Waals surface area (Å²) >= 11 is 0. The van der Waals surface area contributed by atoms with Crippen LogP contribution in [0.4, 0.5) is 10.5 Å². The number of nitrogens with zero attached hydrogens (tertiary/aromatic N) is 1. The maximum absolute atomic E-state index is 11.5. The van der Waals surface area contributed by atoms with Crippen molar-refractivity contribution < 1.29 is 4.79 Å². The molecule has 2 amide bonds. The van der Waals surface area contributed by atoms with Crippen molar-refractivity contribution in [1.29, 1.82) is 0 Å². The lowest BCUT2D eigenvalue weighted by atomic mass is 9.90. The number of anilines is 1. The van der Waals surface area contributed by atoms with Crippen LogP contribution in [0.5, 0.6) is 0 Å². The first-order valence-corrected chi connectivity index (χ1v) is 4.49. The number of amides is 2. The Labute approximate surface area is 82.7 Å². The van der Waals surface area contributed by atoms with E-state index < -0.39 is 5.54 Å². The highest BCUT2D eigenvalue weighted by Crippen LogP contribution is 2.35. The Morgan fingerprint density at radius 1 is 1.36 bits per heavy atom. The summed E-state index contributed by atoms with van der Waals surface area (Å²) in [4.78, 5) is 11.5. The third-order valence-corrected chi connectivity index (χ3v) is 2.65. The number of nitrogens with one attached hydrogen (secondary N) is 1. The summed E-state index contributed by atoms with van der Waals surface area (Å²) in [5, 5.41) is 3.94. The van der Waals surface area contributed by atoms with E-state index in [9.17, 15) is 4.79 Å². The van der Waals surface area contributed by atoms with E-state index in [4.69, 9.17) is 5.84 Å². The zero-order valence-corrected chi connectivity index (χ0v) is 8.24. The van der Waals surface area contributed by atoms with E-state index in [0.29, 0.717) is 0 Å². The lowest BCUT2D eigenvalue weighted by Gasteiger charge is -2.40. The van der Waals surface area contributed by atoms with Gasteiger partial charge in [0.05, 0.1) is 5.54 Å². The molecular formula is C10H13N3O. The number of carbonyl (C=O) groups excluding carboxylic acids is 1. The smallest absolute Gasteiger partial charge is 0.306 e. The van der Waals surface area contributed by atoms with Crippen molar-refractivity contribution in [3.05, 3.63) is 29.8 Å². The van der Waals surface area contributed by atoms with Gasteiger partial charge in [0.2, 0.25) is 0 Å². The standard InChI is InChI=1S/C10H13N3O/c1-10(2)7-5-3-4-6-8(7)12-9(14)13(10)11/h3-6H,11H2,1-2H3,(H,12,14). The van der Waals surface area contributed by atoms with E-state index in [1.807, 2.05) is 38.1 Å². The number of hydrazine groups is 1. The maximum atomic E-state index is 11.5. The first-order valence-electron chi connectivity index (χ1n) is 4.49. The fourth-order valence-electron chi connectivity index (χ4n) is 1.68. The average Bonchev–Trinajstić information content (AvgIpc) is 2.15. The van der Waals surface area contributed by atoms with Crippen LogP contribution in [0.3, 0.4) is 0 Å². The largest absolute Gasteiger partial charge is 0.336 e. The molecule has 0 spiro atoms. The molecule has 0 radical (unpaired) electrons. The molecular weight excluding hydrogens is 178 g/mol. The summed E-state index contributed by atoms with van der Waals surface area (Å²) in [5.74, 6) is 5.69. The van der Waals surface area contributed by atoms with Gasteiger partial charge in [-0.2, -0.15) is 0 Å². The number of hydrogen-bond donors (Lipinski definition) is 2. The van der Waals surface area contributed by atoms with Crippen LogP contribution in [0.2, 0.25) is 0 Å². The van der Waals surface area contributed by atoms with Crippen molar-refractivity contribution in [3.63, 3.8) is 0 Å². The van der Waals surface area contributed by atoms with E-state index >= 15 is 0 Å². The summed E-state index contributed by atoms with van der Waals surface area (Å²) in [6.45, 7) is 3.84. The van der Waals surface area contributed by atoms with Crippen molar-refractivity contribution in [1.82, 2.24) is 5.01 Å². The normalized spacial score (nSPS) is 18.8. The molecule has 0 unspecified atom stereocenters. The van der Waals surface area contributed by atoms with Gasteiger partial charge in [-0.3, -0.25) is 5.01 Å². The predicted molar refractivity (Wildman–Crippen MR) is 54.5 cm³/mol.